The number of fused-ring (bicyclic) bond motifs is 5. The van der Waals surface area contributed by atoms with Crippen molar-refractivity contribution < 1.29 is 8.96 Å². The molecular formula is C34H33FN5+. The van der Waals surface area contributed by atoms with Crippen LogP contribution in [0.1, 0.15) is 58.8 Å². The molecule has 0 saturated heterocycles. The first-order chi connectivity index (χ1) is 18.8. The topological polar surface area (TPSA) is 47.0 Å². The van der Waals surface area contributed by atoms with E-state index in [1.165, 1.54) is 16.5 Å². The van der Waals surface area contributed by atoms with Crippen molar-refractivity contribution in [3.63, 3.8) is 0 Å². The van der Waals surface area contributed by atoms with Crippen LogP contribution in [0.25, 0.3) is 60.4 Å². The lowest BCUT2D eigenvalue weighted by atomic mass is 9.92. The lowest BCUT2D eigenvalue weighted by molar-refractivity contribution is -0.643. The Balaban J connectivity index is 1.71. The average molecular weight is 531 g/mol. The second-order valence-corrected chi connectivity index (χ2v) is 13.2. The third-order valence-electron chi connectivity index (χ3n) is 8.03. The van der Waals surface area contributed by atoms with Gasteiger partial charge in [0.1, 0.15) is 24.5 Å². The van der Waals surface area contributed by atoms with Crippen LogP contribution in [0.15, 0.2) is 54.7 Å². The van der Waals surface area contributed by atoms with Crippen LogP contribution in [0.4, 0.5) is 4.39 Å². The number of pyridine rings is 2. The third-order valence-corrected chi connectivity index (χ3v) is 8.03. The number of hydrogen-bond acceptors (Lipinski definition) is 3. The van der Waals surface area contributed by atoms with Gasteiger partial charge in [0.05, 0.1) is 27.3 Å². The molecule has 0 saturated carbocycles. The smallest absolute Gasteiger partial charge is 0.224 e. The molecule has 5 nitrogen and oxygen atoms in total. The van der Waals surface area contributed by atoms with Gasteiger partial charge in [-0.3, -0.25) is 0 Å². The molecular weight excluding hydrogens is 497 g/mol. The highest BCUT2D eigenvalue weighted by Gasteiger charge is 2.28. The molecule has 4 aromatic heterocycles. The van der Waals surface area contributed by atoms with E-state index in [-0.39, 0.29) is 16.6 Å². The number of nitrogens with zero attached hydrogens (tertiary/aromatic N) is 5. The molecule has 4 heterocycles. The van der Waals surface area contributed by atoms with E-state index in [4.69, 9.17) is 15.0 Å². The van der Waals surface area contributed by atoms with Crippen molar-refractivity contribution in [1.82, 2.24) is 19.4 Å². The van der Waals surface area contributed by atoms with E-state index in [2.05, 4.69) is 101 Å². The molecule has 0 aliphatic carbocycles. The largest absolute Gasteiger partial charge is 0.307 e. The van der Waals surface area contributed by atoms with Gasteiger partial charge in [-0.25, -0.2) is 23.9 Å². The Morgan fingerprint density at radius 2 is 1.43 bits per heavy atom. The maximum Gasteiger partial charge on any atom is 0.224 e. The molecule has 200 valence electrons. The van der Waals surface area contributed by atoms with Gasteiger partial charge in [0.2, 0.25) is 5.52 Å². The fraction of sp³-hybridized carbons (Fsp3) is 0.294. The van der Waals surface area contributed by atoms with Crippen molar-refractivity contribution in [1.29, 1.82) is 0 Å². The molecule has 7 aromatic rings. The summed E-state index contributed by atoms with van der Waals surface area (Å²) in [6, 6.07) is 16.0. The molecule has 0 atom stereocenters. The zero-order valence-corrected chi connectivity index (χ0v) is 24.3. The van der Waals surface area contributed by atoms with Crippen LogP contribution in [-0.2, 0) is 17.9 Å². The highest BCUT2D eigenvalue weighted by molar-refractivity contribution is 6.26. The summed E-state index contributed by atoms with van der Waals surface area (Å²) in [6.07, 6.45) is 2.12. The third kappa shape index (κ3) is 3.44. The van der Waals surface area contributed by atoms with E-state index >= 15 is 0 Å². The molecule has 0 aliphatic rings. The van der Waals surface area contributed by atoms with Crippen molar-refractivity contribution in [2.45, 2.75) is 59.3 Å². The van der Waals surface area contributed by atoms with Gasteiger partial charge in [0, 0.05) is 33.2 Å². The molecule has 0 N–H and O–H groups in total. The molecule has 7 rings (SSSR count). The maximum absolute atomic E-state index is 14.7. The predicted octanol–water partition coefficient (Wildman–Crippen LogP) is 7.71. The lowest BCUT2D eigenvalue weighted by Gasteiger charge is -2.23. The molecule has 0 fully saturated rings. The summed E-state index contributed by atoms with van der Waals surface area (Å²) in [5, 5.41) is 5.58. The summed E-state index contributed by atoms with van der Waals surface area (Å²) < 4.78 is 19.2. The first-order valence-electron chi connectivity index (χ1n) is 13.8. The van der Waals surface area contributed by atoms with E-state index < -0.39 is 0 Å². The van der Waals surface area contributed by atoms with Crippen molar-refractivity contribution >= 4 is 49.0 Å². The van der Waals surface area contributed by atoms with Crippen molar-refractivity contribution in [3.05, 3.63) is 77.8 Å². The monoisotopic (exact) mass is 530 g/mol. The molecule has 0 unspecified atom stereocenters. The van der Waals surface area contributed by atoms with Gasteiger partial charge in [0.15, 0.2) is 12.0 Å². The van der Waals surface area contributed by atoms with Gasteiger partial charge in [0.25, 0.3) is 0 Å². The lowest BCUT2D eigenvalue weighted by Crippen LogP contribution is -2.29. The average Bonchev–Trinajstić information content (AvgIpc) is 3.21. The first-order valence-corrected chi connectivity index (χ1v) is 13.8. The van der Waals surface area contributed by atoms with Gasteiger partial charge in [-0.05, 0) is 48.2 Å². The van der Waals surface area contributed by atoms with Crippen molar-refractivity contribution in [2.75, 3.05) is 0 Å². The van der Waals surface area contributed by atoms with Crippen LogP contribution in [0.5, 0.6) is 0 Å². The summed E-state index contributed by atoms with van der Waals surface area (Å²) in [4.78, 5) is 14.9. The van der Waals surface area contributed by atoms with E-state index in [1.54, 1.807) is 12.1 Å². The van der Waals surface area contributed by atoms with Gasteiger partial charge in [-0.2, -0.15) is 0 Å². The highest BCUT2D eigenvalue weighted by atomic mass is 19.1. The van der Waals surface area contributed by atoms with Crippen molar-refractivity contribution in [2.24, 2.45) is 7.05 Å². The Morgan fingerprint density at radius 1 is 0.750 bits per heavy atom. The van der Waals surface area contributed by atoms with E-state index in [0.29, 0.717) is 5.82 Å². The minimum absolute atomic E-state index is 0.236. The van der Waals surface area contributed by atoms with Crippen LogP contribution < -0.4 is 4.57 Å². The summed E-state index contributed by atoms with van der Waals surface area (Å²) in [5.41, 5.74) is 5.78. The van der Waals surface area contributed by atoms with Crippen LogP contribution >= 0.6 is 0 Å². The van der Waals surface area contributed by atoms with Crippen LogP contribution in [0.2, 0.25) is 0 Å². The van der Waals surface area contributed by atoms with E-state index in [0.717, 1.165) is 55.3 Å². The summed E-state index contributed by atoms with van der Waals surface area (Å²) >= 11 is 0. The number of hydrogen-bond donors (Lipinski definition) is 0. The molecule has 0 aliphatic heterocycles. The Bertz CT molecular complexity index is 2130. The quantitative estimate of drug-likeness (QED) is 0.124. The van der Waals surface area contributed by atoms with Crippen LogP contribution in [-0.4, -0.2) is 19.4 Å². The second kappa shape index (κ2) is 7.94. The molecule has 6 heteroatoms. The molecule has 0 amide bonds. The van der Waals surface area contributed by atoms with Gasteiger partial charge in [-0.15, -0.1) is 0 Å². The molecule has 0 radical (unpaired) electrons. The number of aromatic nitrogens is 5. The molecule has 3 aromatic carbocycles. The maximum atomic E-state index is 14.7. The first kappa shape index (κ1) is 24.8. The van der Waals surface area contributed by atoms with Crippen molar-refractivity contribution in [3.8, 4) is 11.4 Å². The van der Waals surface area contributed by atoms with Gasteiger partial charge >= 0.3 is 0 Å². The Morgan fingerprint density at radius 3 is 2.10 bits per heavy atom. The normalized spacial score (nSPS) is 13.1. The molecule has 40 heavy (non-hydrogen) atoms. The Labute approximate surface area is 232 Å². The van der Waals surface area contributed by atoms with E-state index in [1.807, 2.05) is 6.07 Å². The summed E-state index contributed by atoms with van der Waals surface area (Å²) in [5.74, 6) is 1.96. The van der Waals surface area contributed by atoms with E-state index in [9.17, 15) is 4.39 Å². The summed E-state index contributed by atoms with van der Waals surface area (Å²) in [6.45, 7) is 14.9. The Kier molecular flexibility index (Phi) is 4.92. The number of rotatable bonds is 1. The molecule has 0 bridgehead atoms. The Hall–Kier alpha value is -4.19. The number of aryl methyl sites for hydroxylation is 2. The second-order valence-electron chi connectivity index (χ2n) is 13.2. The fourth-order valence-corrected chi connectivity index (χ4v) is 5.99. The van der Waals surface area contributed by atoms with Gasteiger partial charge < -0.3 is 4.40 Å². The summed E-state index contributed by atoms with van der Waals surface area (Å²) in [7, 11) is 2.10. The highest BCUT2D eigenvalue weighted by Crippen LogP contribution is 2.42. The van der Waals surface area contributed by atoms with Crippen LogP contribution in [0, 0.1) is 12.7 Å². The standard InChI is InChI=1S/C34H33FN5/c1-18-9-11-23-22-12-10-21(35)17-24(22)40-25-16-20(15-19-13-14-39(8)29(27(19)25)26(18)28(23)40)30-36-31(33(2,3)4)38-32(37-30)34(5,6)7/h9-17H,1-8H3/q+1. The number of halogens is 1. The number of benzene rings is 3. The minimum Gasteiger partial charge on any atom is -0.307 e. The zero-order valence-electron chi connectivity index (χ0n) is 24.3. The SMILES string of the molecule is Cc1ccc2c3ccc(F)cc3n3c4cc(-c5nc(C(C)(C)C)nc(C(C)(C)C)n5)cc5cc[n+](C)c(c1c23)c54. The fourth-order valence-electron chi connectivity index (χ4n) is 5.99. The predicted molar refractivity (Wildman–Crippen MR) is 161 cm³/mol. The zero-order chi connectivity index (χ0) is 28.3. The molecule has 0 spiro atoms. The van der Waals surface area contributed by atoms with Crippen LogP contribution in [0.3, 0.4) is 0 Å². The van der Waals surface area contributed by atoms with Gasteiger partial charge in [-0.1, -0.05) is 53.7 Å². The minimum atomic E-state index is -0.247.